The van der Waals surface area contributed by atoms with Gasteiger partial charge in [0.05, 0.1) is 22.9 Å². The molecule has 1 unspecified atom stereocenters. The Bertz CT molecular complexity index is 539. The molecule has 0 amide bonds. The van der Waals surface area contributed by atoms with Gasteiger partial charge in [-0.1, -0.05) is 11.6 Å². The van der Waals surface area contributed by atoms with Gasteiger partial charge in [0.1, 0.15) is 0 Å². The summed E-state index contributed by atoms with van der Waals surface area (Å²) in [5.74, 6) is 0. The average molecular weight is 376 g/mol. The van der Waals surface area contributed by atoms with Gasteiger partial charge in [0.2, 0.25) is 0 Å². The Morgan fingerprint density at radius 3 is 2.94 bits per heavy atom. The SMILES string of the molecule is CCn1cc(C(C)Nc2cc(I)ccc2Cl)cn1. The molecular formula is C13H15ClIN3. The fraction of sp³-hybridized carbons (Fsp3) is 0.308. The molecule has 1 aromatic carbocycles. The lowest BCUT2D eigenvalue weighted by Gasteiger charge is -2.15. The number of aryl methyl sites for hydroxylation is 1. The highest BCUT2D eigenvalue weighted by atomic mass is 127. The summed E-state index contributed by atoms with van der Waals surface area (Å²) in [6.45, 7) is 5.06. The lowest BCUT2D eigenvalue weighted by Crippen LogP contribution is -2.06. The van der Waals surface area contributed by atoms with Gasteiger partial charge in [0.25, 0.3) is 0 Å². The fourth-order valence-electron chi connectivity index (χ4n) is 1.70. The number of hydrogen-bond donors (Lipinski definition) is 1. The van der Waals surface area contributed by atoms with Gasteiger partial charge in [-0.25, -0.2) is 0 Å². The molecular weight excluding hydrogens is 361 g/mol. The molecule has 96 valence electrons. The normalized spacial score (nSPS) is 12.4. The maximum Gasteiger partial charge on any atom is 0.0638 e. The molecule has 0 fully saturated rings. The van der Waals surface area contributed by atoms with Crippen LogP contribution < -0.4 is 5.32 Å². The Morgan fingerprint density at radius 2 is 2.28 bits per heavy atom. The Kier molecular flexibility index (Phi) is 4.50. The summed E-state index contributed by atoms with van der Waals surface area (Å²) >= 11 is 8.45. The minimum Gasteiger partial charge on any atom is -0.377 e. The Balaban J connectivity index is 2.15. The Labute approximate surface area is 126 Å². The molecule has 0 aliphatic heterocycles. The first-order valence-electron chi connectivity index (χ1n) is 5.84. The first kappa shape index (κ1) is 13.7. The summed E-state index contributed by atoms with van der Waals surface area (Å²) in [5, 5.41) is 8.44. The van der Waals surface area contributed by atoms with Crippen LogP contribution in [-0.2, 0) is 6.54 Å². The van der Waals surface area contributed by atoms with Crippen LogP contribution in [0.4, 0.5) is 5.69 Å². The molecule has 1 heterocycles. The average Bonchev–Trinajstić information content (AvgIpc) is 2.82. The number of aromatic nitrogens is 2. The molecule has 0 saturated carbocycles. The molecule has 3 nitrogen and oxygen atoms in total. The molecule has 2 aromatic rings. The van der Waals surface area contributed by atoms with Gasteiger partial charge in [0.15, 0.2) is 0 Å². The van der Waals surface area contributed by atoms with Crippen LogP contribution in [0.2, 0.25) is 5.02 Å². The van der Waals surface area contributed by atoms with Gasteiger partial charge in [-0.3, -0.25) is 4.68 Å². The third-order valence-electron chi connectivity index (χ3n) is 2.78. The summed E-state index contributed by atoms with van der Waals surface area (Å²) in [6.07, 6.45) is 3.95. The van der Waals surface area contributed by atoms with Crippen molar-refractivity contribution >= 4 is 39.9 Å². The summed E-state index contributed by atoms with van der Waals surface area (Å²) in [6, 6.07) is 6.13. The molecule has 1 N–H and O–H groups in total. The number of rotatable bonds is 4. The number of anilines is 1. The van der Waals surface area contributed by atoms with E-state index in [1.807, 2.05) is 29.1 Å². The van der Waals surface area contributed by atoms with Crippen molar-refractivity contribution < 1.29 is 0 Å². The quantitative estimate of drug-likeness (QED) is 0.806. The lowest BCUT2D eigenvalue weighted by atomic mass is 10.2. The smallest absolute Gasteiger partial charge is 0.0638 e. The van der Waals surface area contributed by atoms with Gasteiger partial charge in [-0.15, -0.1) is 0 Å². The van der Waals surface area contributed by atoms with Crippen molar-refractivity contribution in [3.05, 3.63) is 44.7 Å². The van der Waals surface area contributed by atoms with Crippen molar-refractivity contribution in [1.82, 2.24) is 9.78 Å². The van der Waals surface area contributed by atoms with Crippen molar-refractivity contribution in [2.45, 2.75) is 26.4 Å². The first-order chi connectivity index (χ1) is 8.60. The number of nitrogens with one attached hydrogen (secondary N) is 1. The molecule has 0 bridgehead atoms. The number of hydrogen-bond acceptors (Lipinski definition) is 2. The molecule has 2 rings (SSSR count). The Hall–Kier alpha value is -0.750. The van der Waals surface area contributed by atoms with Gasteiger partial charge < -0.3 is 5.32 Å². The van der Waals surface area contributed by atoms with Crippen molar-refractivity contribution in [1.29, 1.82) is 0 Å². The van der Waals surface area contributed by atoms with E-state index in [9.17, 15) is 0 Å². The first-order valence-corrected chi connectivity index (χ1v) is 7.29. The van der Waals surface area contributed by atoms with Crippen LogP contribution in [0.1, 0.15) is 25.5 Å². The summed E-state index contributed by atoms with van der Waals surface area (Å²) < 4.78 is 3.08. The number of halogens is 2. The van der Waals surface area contributed by atoms with Gasteiger partial charge >= 0.3 is 0 Å². The van der Waals surface area contributed by atoms with Gasteiger partial charge in [0, 0.05) is 21.9 Å². The molecule has 0 aliphatic carbocycles. The van der Waals surface area contributed by atoms with Crippen molar-refractivity contribution in [2.75, 3.05) is 5.32 Å². The van der Waals surface area contributed by atoms with Crippen LogP contribution in [0, 0.1) is 3.57 Å². The zero-order chi connectivity index (χ0) is 13.1. The maximum absolute atomic E-state index is 6.17. The van der Waals surface area contributed by atoms with E-state index < -0.39 is 0 Å². The Morgan fingerprint density at radius 1 is 1.50 bits per heavy atom. The highest BCUT2D eigenvalue weighted by Gasteiger charge is 2.10. The number of benzene rings is 1. The maximum atomic E-state index is 6.17. The fourth-order valence-corrected chi connectivity index (χ4v) is 2.36. The minimum absolute atomic E-state index is 0.181. The third kappa shape index (κ3) is 3.17. The molecule has 18 heavy (non-hydrogen) atoms. The summed E-state index contributed by atoms with van der Waals surface area (Å²) in [7, 11) is 0. The predicted molar refractivity (Wildman–Crippen MR) is 84.1 cm³/mol. The lowest BCUT2D eigenvalue weighted by molar-refractivity contribution is 0.658. The standard InChI is InChI=1S/C13H15ClIN3/c1-3-18-8-10(7-16-18)9(2)17-13-6-11(15)4-5-12(13)14/h4-9,17H,3H2,1-2H3. The molecule has 5 heteroatoms. The van der Waals surface area contributed by atoms with E-state index in [-0.39, 0.29) is 6.04 Å². The van der Waals surface area contributed by atoms with Crippen LogP contribution in [0.15, 0.2) is 30.6 Å². The zero-order valence-corrected chi connectivity index (χ0v) is 13.2. The van der Waals surface area contributed by atoms with Crippen LogP contribution in [0.25, 0.3) is 0 Å². The van der Waals surface area contributed by atoms with Crippen LogP contribution >= 0.6 is 34.2 Å². The topological polar surface area (TPSA) is 29.9 Å². The van der Waals surface area contributed by atoms with Crippen molar-refractivity contribution in [3.63, 3.8) is 0 Å². The second-order valence-corrected chi connectivity index (χ2v) is 5.77. The molecule has 0 spiro atoms. The minimum atomic E-state index is 0.181. The molecule has 1 atom stereocenters. The van der Waals surface area contributed by atoms with Crippen molar-refractivity contribution in [2.24, 2.45) is 0 Å². The molecule has 0 saturated heterocycles. The monoisotopic (exact) mass is 375 g/mol. The van der Waals surface area contributed by atoms with E-state index in [1.165, 1.54) is 0 Å². The second kappa shape index (κ2) is 5.93. The van der Waals surface area contributed by atoms with Crippen molar-refractivity contribution in [3.8, 4) is 0 Å². The largest absolute Gasteiger partial charge is 0.377 e. The second-order valence-electron chi connectivity index (χ2n) is 4.12. The van der Waals surface area contributed by atoms with Gasteiger partial charge in [-0.05, 0) is 54.6 Å². The van der Waals surface area contributed by atoms with E-state index in [1.54, 1.807) is 0 Å². The van der Waals surface area contributed by atoms with Crippen LogP contribution in [0.5, 0.6) is 0 Å². The van der Waals surface area contributed by atoms with E-state index in [0.29, 0.717) is 0 Å². The third-order valence-corrected chi connectivity index (χ3v) is 3.78. The van der Waals surface area contributed by atoms with E-state index in [4.69, 9.17) is 11.6 Å². The summed E-state index contributed by atoms with van der Waals surface area (Å²) in [4.78, 5) is 0. The van der Waals surface area contributed by atoms with E-state index in [2.05, 4.69) is 53.1 Å². The predicted octanol–water partition coefficient (Wildman–Crippen LogP) is 4.33. The van der Waals surface area contributed by atoms with Crippen LogP contribution in [0.3, 0.4) is 0 Å². The number of nitrogens with zero attached hydrogens (tertiary/aromatic N) is 2. The van der Waals surface area contributed by atoms with E-state index >= 15 is 0 Å². The summed E-state index contributed by atoms with van der Waals surface area (Å²) in [5.41, 5.74) is 2.12. The van der Waals surface area contributed by atoms with Gasteiger partial charge in [-0.2, -0.15) is 5.10 Å². The molecule has 0 aliphatic rings. The zero-order valence-electron chi connectivity index (χ0n) is 10.3. The molecule has 0 radical (unpaired) electrons. The molecule has 1 aromatic heterocycles. The highest BCUT2D eigenvalue weighted by Crippen LogP contribution is 2.27. The highest BCUT2D eigenvalue weighted by molar-refractivity contribution is 14.1. The van der Waals surface area contributed by atoms with Crippen LogP contribution in [-0.4, -0.2) is 9.78 Å². The van der Waals surface area contributed by atoms with E-state index in [0.717, 1.165) is 26.4 Å².